The molecule has 5 unspecified atom stereocenters. The first-order valence-corrected chi connectivity index (χ1v) is 7.42. The summed E-state index contributed by atoms with van der Waals surface area (Å²) in [5, 5.41) is 19.9. The molecule has 3 saturated heterocycles. The molecule has 0 spiro atoms. The highest BCUT2D eigenvalue weighted by Crippen LogP contribution is 2.28. The van der Waals surface area contributed by atoms with Gasteiger partial charge in [-0.1, -0.05) is 0 Å². The normalized spacial score (nSPS) is 39.0. The Labute approximate surface area is 123 Å². The van der Waals surface area contributed by atoms with E-state index < -0.39 is 24.6 Å². The molecular formula is C11H22ClNO5S. The highest BCUT2D eigenvalue weighted by molar-refractivity contribution is 7.99. The van der Waals surface area contributed by atoms with Crippen LogP contribution in [0.2, 0.25) is 0 Å². The number of aliphatic hydroxyl groups excluding tert-OH is 2. The van der Waals surface area contributed by atoms with Crippen molar-refractivity contribution in [2.45, 2.75) is 37.1 Å². The molecule has 5 atom stereocenters. The number of rotatable bonds is 4. The maximum absolute atomic E-state index is 10.1. The molecule has 0 aliphatic carbocycles. The van der Waals surface area contributed by atoms with E-state index >= 15 is 0 Å². The lowest BCUT2D eigenvalue weighted by Gasteiger charge is -2.41. The fourth-order valence-corrected chi connectivity index (χ4v) is 2.98. The van der Waals surface area contributed by atoms with E-state index in [0.717, 1.165) is 12.2 Å². The molecule has 19 heavy (non-hydrogen) atoms. The molecular weight excluding hydrogens is 294 g/mol. The van der Waals surface area contributed by atoms with Crippen LogP contribution >= 0.6 is 24.2 Å². The van der Waals surface area contributed by atoms with Gasteiger partial charge in [-0.2, -0.15) is 11.8 Å². The van der Waals surface area contributed by atoms with E-state index in [1.807, 2.05) is 0 Å². The Balaban J connectivity index is 0.00000180. The summed E-state index contributed by atoms with van der Waals surface area (Å²) in [6.45, 7) is 1.57. The number of nitrogens with two attached hydrogens (primary N) is 1. The SMILES string of the molecule is Cl.NCCSCC1OC2OCCCOC1C(O)C2O. The van der Waals surface area contributed by atoms with Crippen molar-refractivity contribution in [1.29, 1.82) is 0 Å². The topological polar surface area (TPSA) is 94.2 Å². The van der Waals surface area contributed by atoms with Crippen molar-refractivity contribution in [3.05, 3.63) is 0 Å². The summed E-state index contributed by atoms with van der Waals surface area (Å²) in [5.74, 6) is 1.50. The molecule has 3 heterocycles. The summed E-state index contributed by atoms with van der Waals surface area (Å²) >= 11 is 1.65. The molecule has 3 fully saturated rings. The van der Waals surface area contributed by atoms with Gasteiger partial charge < -0.3 is 30.2 Å². The van der Waals surface area contributed by atoms with Crippen molar-refractivity contribution < 1.29 is 24.4 Å². The van der Waals surface area contributed by atoms with Crippen LogP contribution < -0.4 is 5.73 Å². The van der Waals surface area contributed by atoms with Crippen LogP contribution in [0.5, 0.6) is 0 Å². The van der Waals surface area contributed by atoms with Crippen LogP contribution in [0.25, 0.3) is 0 Å². The van der Waals surface area contributed by atoms with Gasteiger partial charge in [0.25, 0.3) is 0 Å². The van der Waals surface area contributed by atoms with Crippen LogP contribution in [-0.2, 0) is 14.2 Å². The summed E-state index contributed by atoms with van der Waals surface area (Å²) in [6, 6.07) is 0. The van der Waals surface area contributed by atoms with E-state index in [4.69, 9.17) is 19.9 Å². The Morgan fingerprint density at radius 1 is 1.16 bits per heavy atom. The van der Waals surface area contributed by atoms with Crippen LogP contribution in [0.1, 0.15) is 6.42 Å². The van der Waals surface area contributed by atoms with Crippen molar-refractivity contribution in [2.24, 2.45) is 5.73 Å². The van der Waals surface area contributed by atoms with Crippen LogP contribution in [-0.4, -0.2) is 72.2 Å². The molecule has 0 aromatic carbocycles. The van der Waals surface area contributed by atoms with Crippen molar-refractivity contribution in [2.75, 3.05) is 31.3 Å². The Morgan fingerprint density at radius 2 is 1.89 bits per heavy atom. The van der Waals surface area contributed by atoms with Gasteiger partial charge in [-0.3, -0.25) is 0 Å². The highest BCUT2D eigenvalue weighted by atomic mass is 35.5. The number of hydrogen-bond donors (Lipinski definition) is 3. The van der Waals surface area contributed by atoms with E-state index in [2.05, 4.69) is 0 Å². The van der Waals surface area contributed by atoms with Crippen LogP contribution in [0, 0.1) is 0 Å². The molecule has 0 saturated carbocycles. The summed E-state index contributed by atoms with van der Waals surface area (Å²) in [4.78, 5) is 0. The maximum Gasteiger partial charge on any atom is 0.186 e. The summed E-state index contributed by atoms with van der Waals surface area (Å²) < 4.78 is 16.7. The molecule has 3 rings (SSSR count). The van der Waals surface area contributed by atoms with E-state index in [1.54, 1.807) is 11.8 Å². The van der Waals surface area contributed by atoms with Crippen molar-refractivity contribution in [3.8, 4) is 0 Å². The first-order valence-electron chi connectivity index (χ1n) is 6.26. The standard InChI is InChI=1S/C11H21NO5S.ClH/c12-2-5-18-6-7-10-8(13)9(14)11(17-7)16-4-1-3-15-10;/h7-11,13-14H,1-6,12H2;1H. The van der Waals surface area contributed by atoms with Gasteiger partial charge in [-0.15, -0.1) is 12.4 Å². The molecule has 2 bridgehead atoms. The van der Waals surface area contributed by atoms with Gasteiger partial charge in [0.15, 0.2) is 6.29 Å². The average molecular weight is 316 g/mol. The molecule has 114 valence electrons. The van der Waals surface area contributed by atoms with Crippen LogP contribution in [0.4, 0.5) is 0 Å². The number of fused-ring (bicyclic) bond motifs is 6. The zero-order valence-electron chi connectivity index (χ0n) is 10.6. The van der Waals surface area contributed by atoms with E-state index in [-0.39, 0.29) is 18.5 Å². The summed E-state index contributed by atoms with van der Waals surface area (Å²) in [7, 11) is 0. The average Bonchev–Trinajstić information content (AvgIpc) is 2.50. The number of aliphatic hydroxyl groups is 2. The summed E-state index contributed by atoms with van der Waals surface area (Å²) in [6.07, 6.45) is -2.82. The van der Waals surface area contributed by atoms with Crippen LogP contribution in [0.3, 0.4) is 0 Å². The van der Waals surface area contributed by atoms with E-state index in [1.165, 1.54) is 0 Å². The minimum Gasteiger partial charge on any atom is -0.387 e. The predicted molar refractivity (Wildman–Crippen MR) is 74.6 cm³/mol. The van der Waals surface area contributed by atoms with Gasteiger partial charge in [-0.25, -0.2) is 0 Å². The lowest BCUT2D eigenvalue weighted by molar-refractivity contribution is -0.289. The summed E-state index contributed by atoms with van der Waals surface area (Å²) in [5.41, 5.74) is 5.44. The van der Waals surface area contributed by atoms with Gasteiger partial charge in [0.2, 0.25) is 0 Å². The Hall–Kier alpha value is 0.400. The quantitative estimate of drug-likeness (QED) is 0.594. The molecule has 4 N–H and O–H groups in total. The molecule has 0 radical (unpaired) electrons. The fraction of sp³-hybridized carbons (Fsp3) is 1.00. The second-order valence-electron chi connectivity index (χ2n) is 4.45. The van der Waals surface area contributed by atoms with E-state index in [0.29, 0.717) is 25.5 Å². The van der Waals surface area contributed by atoms with Gasteiger partial charge in [0.1, 0.15) is 18.3 Å². The second kappa shape index (κ2) is 8.63. The fourth-order valence-electron chi connectivity index (χ4n) is 2.14. The third-order valence-corrected chi connectivity index (χ3v) is 4.15. The second-order valence-corrected chi connectivity index (χ2v) is 5.60. The van der Waals surface area contributed by atoms with Crippen LogP contribution in [0.15, 0.2) is 0 Å². The van der Waals surface area contributed by atoms with Crippen molar-refractivity contribution in [1.82, 2.24) is 0 Å². The number of thioether (sulfide) groups is 1. The molecule has 0 aromatic heterocycles. The molecule has 0 aromatic rings. The largest absolute Gasteiger partial charge is 0.387 e. The van der Waals surface area contributed by atoms with Gasteiger partial charge in [0, 0.05) is 24.7 Å². The Morgan fingerprint density at radius 3 is 2.63 bits per heavy atom. The first kappa shape index (κ1) is 17.5. The monoisotopic (exact) mass is 315 g/mol. The third-order valence-electron chi connectivity index (χ3n) is 3.07. The van der Waals surface area contributed by atoms with Crippen molar-refractivity contribution in [3.63, 3.8) is 0 Å². The predicted octanol–water partition coefficient (Wildman–Crippen LogP) is -0.648. The minimum absolute atomic E-state index is 0. The molecule has 8 heteroatoms. The number of halogens is 1. The third kappa shape index (κ3) is 4.44. The molecule has 6 nitrogen and oxygen atoms in total. The van der Waals surface area contributed by atoms with Crippen molar-refractivity contribution >= 4 is 24.2 Å². The number of hydrogen-bond acceptors (Lipinski definition) is 7. The smallest absolute Gasteiger partial charge is 0.186 e. The zero-order chi connectivity index (χ0) is 13.0. The van der Waals surface area contributed by atoms with Gasteiger partial charge in [0.05, 0.1) is 12.7 Å². The first-order chi connectivity index (χ1) is 8.74. The lowest BCUT2D eigenvalue weighted by atomic mass is 10.00. The molecule has 3 aliphatic heterocycles. The lowest BCUT2D eigenvalue weighted by Crippen LogP contribution is -2.59. The maximum atomic E-state index is 10.1. The van der Waals surface area contributed by atoms with Gasteiger partial charge >= 0.3 is 0 Å². The Kier molecular flexibility index (Phi) is 7.93. The minimum atomic E-state index is -1.05. The van der Waals surface area contributed by atoms with E-state index in [9.17, 15) is 10.2 Å². The Bertz CT molecular complexity index is 261. The van der Waals surface area contributed by atoms with Gasteiger partial charge in [-0.05, 0) is 6.42 Å². The number of ether oxygens (including phenoxy) is 3. The molecule has 0 amide bonds. The highest BCUT2D eigenvalue weighted by Gasteiger charge is 2.46. The zero-order valence-corrected chi connectivity index (χ0v) is 12.3. The molecule has 3 aliphatic rings.